The van der Waals surface area contributed by atoms with Crippen LogP contribution in [0.3, 0.4) is 0 Å². The molecule has 1 amide bonds. The molecule has 2 nitrogen and oxygen atoms in total. The maximum atomic E-state index is 11.8. The van der Waals surface area contributed by atoms with Crippen LogP contribution in [-0.2, 0) is 11.2 Å². The maximum Gasteiger partial charge on any atom is 0.221 e. The lowest BCUT2D eigenvalue weighted by Gasteiger charge is -2.34. The van der Waals surface area contributed by atoms with E-state index in [1.807, 2.05) is 0 Å². The molecule has 20 heavy (non-hydrogen) atoms. The van der Waals surface area contributed by atoms with Crippen molar-refractivity contribution in [3.05, 3.63) is 35.4 Å². The molecule has 3 unspecified atom stereocenters. The Bertz CT molecular complexity index is 437. The molecular weight excluding hydrogens is 246 g/mol. The second-order valence-electron chi connectivity index (χ2n) is 6.18. The van der Waals surface area contributed by atoms with Gasteiger partial charge < -0.3 is 5.73 Å². The van der Waals surface area contributed by atoms with Gasteiger partial charge in [-0.3, -0.25) is 4.79 Å². The molecule has 0 aromatic heterocycles. The van der Waals surface area contributed by atoms with Gasteiger partial charge in [-0.2, -0.15) is 0 Å². The van der Waals surface area contributed by atoms with Crippen molar-refractivity contribution in [2.75, 3.05) is 0 Å². The standard InChI is InChI=1S/C18H27NO/c1-3-5-14-8-11-16(17(12-14)18(19)20)15-9-6-13(4-2)7-10-15/h6-7,9-10,14,16-17H,3-5,8,11-12H2,1-2H3,(H2,19,20). The molecule has 2 rings (SSSR count). The summed E-state index contributed by atoms with van der Waals surface area (Å²) in [6.45, 7) is 4.38. The lowest BCUT2D eigenvalue weighted by Crippen LogP contribution is -2.34. The van der Waals surface area contributed by atoms with E-state index in [4.69, 9.17) is 5.73 Å². The van der Waals surface area contributed by atoms with E-state index in [0.717, 1.165) is 19.3 Å². The zero-order chi connectivity index (χ0) is 14.5. The van der Waals surface area contributed by atoms with Gasteiger partial charge in [-0.1, -0.05) is 51.0 Å². The lowest BCUT2D eigenvalue weighted by atomic mass is 9.70. The molecule has 0 radical (unpaired) electrons. The monoisotopic (exact) mass is 273 g/mol. The third kappa shape index (κ3) is 3.41. The van der Waals surface area contributed by atoms with Crippen LogP contribution < -0.4 is 5.73 Å². The van der Waals surface area contributed by atoms with Crippen molar-refractivity contribution in [1.82, 2.24) is 0 Å². The molecule has 1 fully saturated rings. The van der Waals surface area contributed by atoms with E-state index in [2.05, 4.69) is 38.1 Å². The van der Waals surface area contributed by atoms with Gasteiger partial charge in [0.25, 0.3) is 0 Å². The Morgan fingerprint density at radius 2 is 1.90 bits per heavy atom. The highest BCUT2D eigenvalue weighted by Gasteiger charge is 2.34. The molecule has 1 saturated carbocycles. The van der Waals surface area contributed by atoms with Crippen LogP contribution in [0.2, 0.25) is 0 Å². The van der Waals surface area contributed by atoms with Crippen LogP contribution in [0.1, 0.15) is 63.0 Å². The van der Waals surface area contributed by atoms with Crippen molar-refractivity contribution in [3.8, 4) is 0 Å². The number of carbonyl (C=O) groups excluding carboxylic acids is 1. The van der Waals surface area contributed by atoms with Crippen molar-refractivity contribution in [2.24, 2.45) is 17.6 Å². The van der Waals surface area contributed by atoms with E-state index in [0.29, 0.717) is 11.8 Å². The second-order valence-corrected chi connectivity index (χ2v) is 6.18. The zero-order valence-corrected chi connectivity index (χ0v) is 12.8. The van der Waals surface area contributed by atoms with Gasteiger partial charge in [0.2, 0.25) is 5.91 Å². The van der Waals surface area contributed by atoms with Gasteiger partial charge in [0.05, 0.1) is 0 Å². The Hall–Kier alpha value is -1.31. The number of benzene rings is 1. The Morgan fingerprint density at radius 1 is 1.20 bits per heavy atom. The first-order valence-corrected chi connectivity index (χ1v) is 8.03. The molecular formula is C18H27NO. The van der Waals surface area contributed by atoms with Crippen LogP contribution in [0.4, 0.5) is 0 Å². The Kier molecular flexibility index (Phi) is 5.22. The fraction of sp³-hybridized carbons (Fsp3) is 0.611. The summed E-state index contributed by atoms with van der Waals surface area (Å²) in [6.07, 6.45) is 6.80. The Balaban J connectivity index is 2.14. The first-order chi connectivity index (χ1) is 9.65. The lowest BCUT2D eigenvalue weighted by molar-refractivity contribution is -0.123. The first-order valence-electron chi connectivity index (χ1n) is 8.03. The second kappa shape index (κ2) is 6.92. The zero-order valence-electron chi connectivity index (χ0n) is 12.8. The fourth-order valence-electron chi connectivity index (χ4n) is 3.64. The van der Waals surface area contributed by atoms with Crippen LogP contribution in [-0.4, -0.2) is 5.91 Å². The summed E-state index contributed by atoms with van der Waals surface area (Å²) in [7, 11) is 0. The van der Waals surface area contributed by atoms with E-state index >= 15 is 0 Å². The van der Waals surface area contributed by atoms with E-state index in [1.54, 1.807) is 0 Å². The summed E-state index contributed by atoms with van der Waals surface area (Å²) in [5.74, 6) is 0.915. The molecule has 110 valence electrons. The molecule has 0 heterocycles. The minimum atomic E-state index is -0.115. The molecule has 0 spiro atoms. The minimum Gasteiger partial charge on any atom is -0.369 e. The largest absolute Gasteiger partial charge is 0.369 e. The van der Waals surface area contributed by atoms with Gasteiger partial charge in [0.15, 0.2) is 0 Å². The third-order valence-corrected chi connectivity index (χ3v) is 4.84. The van der Waals surface area contributed by atoms with E-state index < -0.39 is 0 Å². The molecule has 3 atom stereocenters. The molecule has 0 saturated heterocycles. The Morgan fingerprint density at radius 3 is 2.45 bits per heavy atom. The third-order valence-electron chi connectivity index (χ3n) is 4.84. The number of amides is 1. The average Bonchev–Trinajstić information content (AvgIpc) is 2.47. The topological polar surface area (TPSA) is 43.1 Å². The summed E-state index contributed by atoms with van der Waals surface area (Å²) >= 11 is 0. The van der Waals surface area contributed by atoms with Crippen molar-refractivity contribution >= 4 is 5.91 Å². The average molecular weight is 273 g/mol. The van der Waals surface area contributed by atoms with E-state index in [1.165, 1.54) is 30.4 Å². The number of hydrogen-bond donors (Lipinski definition) is 1. The number of rotatable bonds is 5. The normalized spacial score (nSPS) is 26.4. The van der Waals surface area contributed by atoms with Crippen LogP contribution in [0.15, 0.2) is 24.3 Å². The molecule has 2 N–H and O–H groups in total. The highest BCUT2D eigenvalue weighted by Crippen LogP contribution is 2.41. The van der Waals surface area contributed by atoms with E-state index in [9.17, 15) is 4.79 Å². The van der Waals surface area contributed by atoms with Crippen molar-refractivity contribution < 1.29 is 4.79 Å². The van der Waals surface area contributed by atoms with Gasteiger partial charge in [0.1, 0.15) is 0 Å². The minimum absolute atomic E-state index is 0.0211. The summed E-state index contributed by atoms with van der Waals surface area (Å²) in [5.41, 5.74) is 8.31. The molecule has 0 bridgehead atoms. The van der Waals surface area contributed by atoms with Crippen LogP contribution in [0, 0.1) is 11.8 Å². The molecule has 1 aromatic rings. The number of carbonyl (C=O) groups is 1. The van der Waals surface area contributed by atoms with Crippen LogP contribution >= 0.6 is 0 Å². The number of primary amides is 1. The predicted molar refractivity (Wildman–Crippen MR) is 83.5 cm³/mol. The van der Waals surface area contributed by atoms with Crippen LogP contribution in [0.5, 0.6) is 0 Å². The fourth-order valence-corrected chi connectivity index (χ4v) is 3.64. The first kappa shape index (κ1) is 15.1. The number of nitrogens with two attached hydrogens (primary N) is 1. The highest BCUT2D eigenvalue weighted by atomic mass is 16.1. The number of aryl methyl sites for hydroxylation is 1. The van der Waals surface area contributed by atoms with Gasteiger partial charge in [0, 0.05) is 5.92 Å². The predicted octanol–water partition coefficient (Wildman–Crippen LogP) is 4.03. The molecule has 1 aromatic carbocycles. The maximum absolute atomic E-state index is 11.8. The Labute approximate surface area is 122 Å². The van der Waals surface area contributed by atoms with E-state index in [-0.39, 0.29) is 11.8 Å². The summed E-state index contributed by atoms with van der Waals surface area (Å²) in [5, 5.41) is 0. The van der Waals surface area contributed by atoms with Crippen LogP contribution in [0.25, 0.3) is 0 Å². The van der Waals surface area contributed by atoms with Crippen molar-refractivity contribution in [1.29, 1.82) is 0 Å². The number of hydrogen-bond acceptors (Lipinski definition) is 1. The van der Waals surface area contributed by atoms with Crippen molar-refractivity contribution in [2.45, 2.75) is 58.3 Å². The van der Waals surface area contributed by atoms with Gasteiger partial charge in [-0.25, -0.2) is 0 Å². The van der Waals surface area contributed by atoms with Gasteiger partial charge >= 0.3 is 0 Å². The summed E-state index contributed by atoms with van der Waals surface area (Å²) in [4.78, 5) is 11.8. The molecule has 1 aliphatic carbocycles. The van der Waals surface area contributed by atoms with Gasteiger partial charge in [-0.05, 0) is 48.6 Å². The summed E-state index contributed by atoms with van der Waals surface area (Å²) in [6, 6.07) is 8.76. The van der Waals surface area contributed by atoms with Gasteiger partial charge in [-0.15, -0.1) is 0 Å². The van der Waals surface area contributed by atoms with Crippen molar-refractivity contribution in [3.63, 3.8) is 0 Å². The quantitative estimate of drug-likeness (QED) is 0.864. The molecule has 1 aliphatic rings. The smallest absolute Gasteiger partial charge is 0.221 e. The molecule has 2 heteroatoms. The molecule has 0 aliphatic heterocycles. The summed E-state index contributed by atoms with van der Waals surface area (Å²) < 4.78 is 0. The SMILES string of the molecule is CCCC1CCC(c2ccc(CC)cc2)C(C(N)=O)C1. The highest BCUT2D eigenvalue weighted by molar-refractivity contribution is 5.78.